The summed E-state index contributed by atoms with van der Waals surface area (Å²) in [6, 6.07) is 0.556. The Kier molecular flexibility index (Phi) is 8.57. The van der Waals surface area contributed by atoms with Crippen LogP contribution in [-0.4, -0.2) is 41.6 Å². The summed E-state index contributed by atoms with van der Waals surface area (Å²) in [4.78, 5) is 22.7. The zero-order valence-corrected chi connectivity index (χ0v) is 14.2. The Hall–Kier alpha value is -0.910. The topological polar surface area (TPSA) is 70.2 Å². The van der Waals surface area contributed by atoms with Gasteiger partial charge in [-0.05, 0) is 19.3 Å². The zero-order valence-electron chi connectivity index (χ0n) is 13.4. The number of thioether (sulfide) groups is 1. The quantitative estimate of drug-likeness (QED) is 0.498. The van der Waals surface area contributed by atoms with Crippen molar-refractivity contribution in [2.45, 2.75) is 70.2 Å². The summed E-state index contributed by atoms with van der Waals surface area (Å²) in [5.41, 5.74) is 0. The second kappa shape index (κ2) is 9.92. The lowest BCUT2D eigenvalue weighted by molar-refractivity contribution is -0.121. The van der Waals surface area contributed by atoms with Crippen LogP contribution in [0.2, 0.25) is 0 Å². The molecule has 2 saturated heterocycles. The van der Waals surface area contributed by atoms with Crippen molar-refractivity contribution in [1.29, 1.82) is 0 Å². The van der Waals surface area contributed by atoms with Crippen molar-refractivity contribution >= 4 is 23.7 Å². The van der Waals surface area contributed by atoms with E-state index in [-0.39, 0.29) is 18.0 Å². The number of urea groups is 1. The second-order valence-corrected chi connectivity index (χ2v) is 6.49. The maximum Gasteiger partial charge on any atom is 0.315 e. The van der Waals surface area contributed by atoms with Crippen molar-refractivity contribution in [2.24, 2.45) is 0 Å². The second-order valence-electron chi connectivity index (χ2n) is 5.22. The minimum atomic E-state index is -0.0285. The molecule has 2 aliphatic heterocycles. The standard InChI is InChI=1S/C13H23N3O2S.C2H6/c1-2-7-14-11(17)6-4-3-5-10-12-9(8-19-10)15-13(18)16-12;1-2/h9-10,12H,2-8H2,1H3,(H,14,17)(H2,15,16,18);1-2H3. The molecule has 0 saturated carbocycles. The van der Waals surface area contributed by atoms with Crippen molar-refractivity contribution in [3.05, 3.63) is 0 Å². The largest absolute Gasteiger partial charge is 0.356 e. The predicted molar refractivity (Wildman–Crippen MR) is 88.6 cm³/mol. The first kappa shape index (κ1) is 18.1. The van der Waals surface area contributed by atoms with Crippen molar-refractivity contribution in [3.8, 4) is 0 Å². The molecule has 0 aromatic carbocycles. The summed E-state index contributed by atoms with van der Waals surface area (Å²) in [6.45, 7) is 6.83. The number of fused-ring (bicyclic) bond motifs is 1. The Balaban J connectivity index is 0.00000106. The fraction of sp³-hybridized carbons (Fsp3) is 0.867. The molecule has 2 fully saturated rings. The van der Waals surface area contributed by atoms with E-state index in [2.05, 4.69) is 22.9 Å². The molecule has 0 aromatic rings. The smallest absolute Gasteiger partial charge is 0.315 e. The first-order valence-electron chi connectivity index (χ1n) is 8.16. The highest BCUT2D eigenvalue weighted by molar-refractivity contribution is 8.00. The lowest BCUT2D eigenvalue weighted by Gasteiger charge is -2.16. The van der Waals surface area contributed by atoms with Crippen molar-refractivity contribution < 1.29 is 9.59 Å². The number of hydrogen-bond donors (Lipinski definition) is 3. The van der Waals surface area contributed by atoms with Crippen LogP contribution in [0.15, 0.2) is 0 Å². The lowest BCUT2D eigenvalue weighted by Crippen LogP contribution is -2.36. The van der Waals surface area contributed by atoms with E-state index in [0.717, 1.165) is 38.0 Å². The fourth-order valence-electron chi connectivity index (χ4n) is 2.63. The Morgan fingerprint density at radius 1 is 1.33 bits per heavy atom. The maximum absolute atomic E-state index is 11.4. The van der Waals surface area contributed by atoms with E-state index >= 15 is 0 Å². The first-order chi connectivity index (χ1) is 10.2. The van der Waals surface area contributed by atoms with Crippen LogP contribution in [0, 0.1) is 0 Å². The van der Waals surface area contributed by atoms with Gasteiger partial charge >= 0.3 is 6.03 Å². The molecule has 122 valence electrons. The zero-order chi connectivity index (χ0) is 15.7. The molecule has 3 amide bonds. The fourth-order valence-corrected chi connectivity index (χ4v) is 4.17. The number of carbonyl (C=O) groups is 2. The Morgan fingerprint density at radius 2 is 2.10 bits per heavy atom. The van der Waals surface area contributed by atoms with E-state index in [1.165, 1.54) is 0 Å². The molecule has 6 heteroatoms. The number of rotatable bonds is 7. The molecule has 0 spiro atoms. The molecule has 2 heterocycles. The molecule has 3 unspecified atom stereocenters. The van der Waals surface area contributed by atoms with Gasteiger partial charge in [0.25, 0.3) is 0 Å². The predicted octanol–water partition coefficient (Wildman–Crippen LogP) is 2.26. The molecule has 2 rings (SSSR count). The normalized spacial score (nSPS) is 26.2. The van der Waals surface area contributed by atoms with Crippen LogP contribution in [0.1, 0.15) is 52.9 Å². The van der Waals surface area contributed by atoms with E-state index in [9.17, 15) is 9.59 Å². The highest BCUT2D eigenvalue weighted by Crippen LogP contribution is 2.33. The van der Waals surface area contributed by atoms with Crippen LogP contribution in [0.4, 0.5) is 4.79 Å². The van der Waals surface area contributed by atoms with Gasteiger partial charge < -0.3 is 16.0 Å². The number of nitrogens with one attached hydrogen (secondary N) is 3. The third-order valence-corrected chi connectivity index (χ3v) is 5.16. The summed E-state index contributed by atoms with van der Waals surface area (Å²) >= 11 is 1.93. The van der Waals surface area contributed by atoms with Crippen molar-refractivity contribution in [2.75, 3.05) is 12.3 Å². The van der Waals surface area contributed by atoms with Crippen LogP contribution in [0.5, 0.6) is 0 Å². The average molecular weight is 315 g/mol. The van der Waals surface area contributed by atoms with Gasteiger partial charge in [0.2, 0.25) is 5.91 Å². The minimum absolute atomic E-state index is 0.0285. The van der Waals surface area contributed by atoms with Gasteiger partial charge in [-0.15, -0.1) is 0 Å². The molecular weight excluding hydrogens is 286 g/mol. The van der Waals surface area contributed by atoms with Gasteiger partial charge in [-0.1, -0.05) is 27.2 Å². The molecule has 0 aliphatic carbocycles. The van der Waals surface area contributed by atoms with Crippen LogP contribution in [-0.2, 0) is 4.79 Å². The molecule has 0 aromatic heterocycles. The van der Waals surface area contributed by atoms with E-state index in [1.807, 2.05) is 25.6 Å². The summed E-state index contributed by atoms with van der Waals surface area (Å²) < 4.78 is 0. The number of amides is 3. The van der Waals surface area contributed by atoms with E-state index in [4.69, 9.17) is 0 Å². The van der Waals surface area contributed by atoms with Crippen LogP contribution >= 0.6 is 11.8 Å². The maximum atomic E-state index is 11.4. The highest BCUT2D eigenvalue weighted by atomic mass is 32.2. The number of carbonyl (C=O) groups excluding carboxylic acids is 2. The summed E-state index contributed by atoms with van der Waals surface area (Å²) in [5.74, 6) is 1.17. The van der Waals surface area contributed by atoms with Gasteiger partial charge in [-0.3, -0.25) is 4.79 Å². The van der Waals surface area contributed by atoms with Gasteiger partial charge in [0.05, 0.1) is 12.1 Å². The van der Waals surface area contributed by atoms with Gasteiger partial charge in [0, 0.05) is 24.0 Å². The average Bonchev–Trinajstić information content (AvgIpc) is 3.03. The Morgan fingerprint density at radius 3 is 2.81 bits per heavy atom. The van der Waals surface area contributed by atoms with Crippen LogP contribution in [0.3, 0.4) is 0 Å². The molecular formula is C15H29N3O2S. The highest BCUT2D eigenvalue weighted by Gasteiger charge is 2.42. The first-order valence-corrected chi connectivity index (χ1v) is 9.21. The third kappa shape index (κ3) is 5.77. The molecule has 21 heavy (non-hydrogen) atoms. The van der Waals surface area contributed by atoms with E-state index < -0.39 is 0 Å². The van der Waals surface area contributed by atoms with Crippen LogP contribution < -0.4 is 16.0 Å². The van der Waals surface area contributed by atoms with E-state index in [1.54, 1.807) is 0 Å². The Labute approximate surface area is 132 Å². The van der Waals surface area contributed by atoms with Crippen molar-refractivity contribution in [3.63, 3.8) is 0 Å². The summed E-state index contributed by atoms with van der Waals surface area (Å²) in [7, 11) is 0. The lowest BCUT2D eigenvalue weighted by atomic mass is 10.0. The summed E-state index contributed by atoms with van der Waals surface area (Å²) in [6.07, 6.45) is 4.67. The van der Waals surface area contributed by atoms with Crippen molar-refractivity contribution in [1.82, 2.24) is 16.0 Å². The van der Waals surface area contributed by atoms with Crippen LogP contribution in [0.25, 0.3) is 0 Å². The molecule has 0 radical (unpaired) electrons. The van der Waals surface area contributed by atoms with Gasteiger partial charge in [-0.25, -0.2) is 4.79 Å². The molecule has 5 nitrogen and oxygen atoms in total. The molecule has 0 bridgehead atoms. The molecule has 2 aliphatic rings. The van der Waals surface area contributed by atoms with Gasteiger partial charge in [-0.2, -0.15) is 11.8 Å². The number of hydrogen-bond acceptors (Lipinski definition) is 3. The molecule has 3 atom stereocenters. The Bertz CT molecular complexity index is 339. The summed E-state index contributed by atoms with van der Waals surface area (Å²) in [5, 5.41) is 9.33. The van der Waals surface area contributed by atoms with E-state index in [0.29, 0.717) is 17.7 Å². The van der Waals surface area contributed by atoms with Gasteiger partial charge in [0.1, 0.15) is 0 Å². The van der Waals surface area contributed by atoms with Gasteiger partial charge in [0.15, 0.2) is 0 Å². The number of unbranched alkanes of at least 4 members (excludes halogenated alkanes) is 1. The SMILES string of the molecule is CC.CCCNC(=O)CCCCC1SCC2NC(=O)NC21. The molecule has 3 N–H and O–H groups in total. The minimum Gasteiger partial charge on any atom is -0.356 e. The monoisotopic (exact) mass is 315 g/mol. The third-order valence-electron chi connectivity index (χ3n) is 3.65.